The van der Waals surface area contributed by atoms with E-state index in [1.807, 2.05) is 0 Å². The summed E-state index contributed by atoms with van der Waals surface area (Å²) >= 11 is 0. The van der Waals surface area contributed by atoms with E-state index in [9.17, 15) is 0 Å². The molecule has 1 N–H and O–H groups in total. The Balaban J connectivity index is 1.87. The Morgan fingerprint density at radius 3 is 2.72 bits per heavy atom. The molecule has 18 heavy (non-hydrogen) atoms. The lowest BCUT2D eigenvalue weighted by Gasteiger charge is -2.28. The van der Waals surface area contributed by atoms with Gasteiger partial charge in [0.15, 0.2) is 0 Å². The number of hydrogen-bond donors (Lipinski definition) is 1. The number of rotatable bonds is 5. The molecule has 0 spiro atoms. The molecule has 0 amide bonds. The van der Waals surface area contributed by atoms with Crippen LogP contribution in [0.5, 0.6) is 0 Å². The van der Waals surface area contributed by atoms with Crippen LogP contribution in [0, 0.1) is 5.92 Å². The second kappa shape index (κ2) is 6.91. The summed E-state index contributed by atoms with van der Waals surface area (Å²) in [6.45, 7) is 6.94. The normalized spacial score (nSPS) is 20.3. The molecule has 0 radical (unpaired) electrons. The molecule has 1 unspecified atom stereocenters. The molecule has 0 aliphatic carbocycles. The maximum atomic E-state index is 3.50. The first-order valence-electron chi connectivity index (χ1n) is 7.25. The molecule has 0 aromatic heterocycles. The van der Waals surface area contributed by atoms with Crippen LogP contribution in [0.3, 0.4) is 0 Å². The van der Waals surface area contributed by atoms with Crippen molar-refractivity contribution < 1.29 is 0 Å². The van der Waals surface area contributed by atoms with Gasteiger partial charge in [0, 0.05) is 13.1 Å². The van der Waals surface area contributed by atoms with Gasteiger partial charge in [0.05, 0.1) is 0 Å². The number of nitrogens with one attached hydrogen (secondary N) is 1. The lowest BCUT2D eigenvalue weighted by molar-refractivity contribution is 0.237. The van der Waals surface area contributed by atoms with Gasteiger partial charge >= 0.3 is 0 Å². The van der Waals surface area contributed by atoms with E-state index in [1.165, 1.54) is 43.6 Å². The summed E-state index contributed by atoms with van der Waals surface area (Å²) in [6, 6.07) is 8.83. The first kappa shape index (κ1) is 13.6. The van der Waals surface area contributed by atoms with Crippen LogP contribution in [0.1, 0.15) is 30.9 Å². The highest BCUT2D eigenvalue weighted by molar-refractivity contribution is 5.26. The first-order chi connectivity index (χ1) is 8.79. The predicted molar refractivity (Wildman–Crippen MR) is 77.7 cm³/mol. The van der Waals surface area contributed by atoms with Gasteiger partial charge in [-0.2, -0.15) is 0 Å². The van der Waals surface area contributed by atoms with Crippen molar-refractivity contribution in [1.82, 2.24) is 10.2 Å². The number of aryl methyl sites for hydroxylation is 1. The molecule has 1 aromatic carbocycles. The van der Waals surface area contributed by atoms with E-state index in [1.54, 1.807) is 0 Å². The van der Waals surface area contributed by atoms with E-state index in [2.05, 4.69) is 48.5 Å². The third-order valence-electron chi connectivity index (χ3n) is 3.91. The Morgan fingerprint density at radius 1 is 1.28 bits per heavy atom. The summed E-state index contributed by atoms with van der Waals surface area (Å²) in [5.74, 6) is 0.831. The van der Waals surface area contributed by atoms with Gasteiger partial charge < -0.3 is 10.2 Å². The van der Waals surface area contributed by atoms with Crippen molar-refractivity contribution in [2.75, 3.05) is 26.7 Å². The number of nitrogens with zero attached hydrogens (tertiary/aromatic N) is 1. The summed E-state index contributed by atoms with van der Waals surface area (Å²) in [4.78, 5) is 2.48. The highest BCUT2D eigenvalue weighted by atomic mass is 15.1. The molecule has 1 aromatic rings. The van der Waals surface area contributed by atoms with E-state index in [0.717, 1.165) is 18.9 Å². The molecule has 0 saturated carbocycles. The second-order valence-electron chi connectivity index (χ2n) is 5.53. The van der Waals surface area contributed by atoms with Gasteiger partial charge in [-0.3, -0.25) is 0 Å². The van der Waals surface area contributed by atoms with E-state index in [-0.39, 0.29) is 0 Å². The largest absolute Gasteiger partial charge is 0.316 e. The first-order valence-corrected chi connectivity index (χ1v) is 7.25. The molecular formula is C16H26N2. The Hall–Kier alpha value is -0.860. The quantitative estimate of drug-likeness (QED) is 0.859. The molecule has 0 bridgehead atoms. The number of piperidine rings is 1. The highest BCUT2D eigenvalue weighted by Crippen LogP contribution is 2.15. The van der Waals surface area contributed by atoms with Crippen LogP contribution in [0.2, 0.25) is 0 Å². The van der Waals surface area contributed by atoms with Crippen LogP contribution in [-0.2, 0) is 13.0 Å². The van der Waals surface area contributed by atoms with Crippen LogP contribution in [0.4, 0.5) is 0 Å². The molecule has 1 heterocycles. The van der Waals surface area contributed by atoms with Gasteiger partial charge in [-0.05, 0) is 56.4 Å². The summed E-state index contributed by atoms with van der Waals surface area (Å²) in [7, 11) is 2.25. The minimum atomic E-state index is 0.831. The summed E-state index contributed by atoms with van der Waals surface area (Å²) in [5, 5.41) is 3.50. The lowest BCUT2D eigenvalue weighted by atomic mass is 9.98. The third kappa shape index (κ3) is 3.82. The fourth-order valence-corrected chi connectivity index (χ4v) is 2.93. The zero-order valence-corrected chi connectivity index (χ0v) is 11.8. The molecule has 2 heteroatoms. The van der Waals surface area contributed by atoms with Crippen molar-refractivity contribution in [2.45, 2.75) is 32.7 Å². The third-order valence-corrected chi connectivity index (χ3v) is 3.91. The molecule has 1 fully saturated rings. The summed E-state index contributed by atoms with van der Waals surface area (Å²) in [6.07, 6.45) is 3.85. The lowest BCUT2D eigenvalue weighted by Crippen LogP contribution is -2.36. The summed E-state index contributed by atoms with van der Waals surface area (Å²) < 4.78 is 0. The molecule has 1 atom stereocenters. The molecule has 100 valence electrons. The van der Waals surface area contributed by atoms with Gasteiger partial charge in [0.25, 0.3) is 0 Å². The fourth-order valence-electron chi connectivity index (χ4n) is 2.93. The molecule has 1 aliphatic heterocycles. The zero-order chi connectivity index (χ0) is 12.8. The van der Waals surface area contributed by atoms with E-state index < -0.39 is 0 Å². The van der Waals surface area contributed by atoms with Gasteiger partial charge in [-0.1, -0.05) is 31.2 Å². The van der Waals surface area contributed by atoms with Crippen molar-refractivity contribution in [1.29, 1.82) is 0 Å². The summed E-state index contributed by atoms with van der Waals surface area (Å²) in [5.41, 5.74) is 2.98. The van der Waals surface area contributed by atoms with Gasteiger partial charge in [0.1, 0.15) is 0 Å². The predicted octanol–water partition coefficient (Wildman–Crippen LogP) is 2.68. The maximum Gasteiger partial charge on any atom is 0.0233 e. The van der Waals surface area contributed by atoms with Crippen molar-refractivity contribution in [3.63, 3.8) is 0 Å². The smallest absolute Gasteiger partial charge is 0.0233 e. The Labute approximate surface area is 111 Å². The SMILES string of the molecule is CCc1ccccc1CN(C)CC1CCCNC1. The van der Waals surface area contributed by atoms with Gasteiger partial charge in [-0.15, -0.1) is 0 Å². The zero-order valence-electron chi connectivity index (χ0n) is 11.8. The second-order valence-corrected chi connectivity index (χ2v) is 5.53. The topological polar surface area (TPSA) is 15.3 Å². The minimum Gasteiger partial charge on any atom is -0.316 e. The van der Waals surface area contributed by atoms with Gasteiger partial charge in [-0.25, -0.2) is 0 Å². The van der Waals surface area contributed by atoms with E-state index >= 15 is 0 Å². The van der Waals surface area contributed by atoms with Gasteiger partial charge in [0.2, 0.25) is 0 Å². The molecule has 2 nitrogen and oxygen atoms in total. The van der Waals surface area contributed by atoms with E-state index in [0.29, 0.717) is 0 Å². The van der Waals surface area contributed by atoms with Crippen LogP contribution in [-0.4, -0.2) is 31.6 Å². The minimum absolute atomic E-state index is 0.831. The van der Waals surface area contributed by atoms with Crippen LogP contribution in [0.15, 0.2) is 24.3 Å². The Morgan fingerprint density at radius 2 is 2.06 bits per heavy atom. The number of benzene rings is 1. The van der Waals surface area contributed by atoms with Crippen LogP contribution in [0.25, 0.3) is 0 Å². The maximum absolute atomic E-state index is 3.50. The average molecular weight is 246 g/mol. The van der Waals surface area contributed by atoms with Crippen molar-refractivity contribution in [3.05, 3.63) is 35.4 Å². The standard InChI is InChI=1S/C16H26N2/c1-3-15-8-4-5-9-16(15)13-18(2)12-14-7-6-10-17-11-14/h4-5,8-9,14,17H,3,6-7,10-13H2,1-2H3. The fraction of sp³-hybridized carbons (Fsp3) is 0.625. The number of hydrogen-bond acceptors (Lipinski definition) is 2. The Kier molecular flexibility index (Phi) is 5.21. The van der Waals surface area contributed by atoms with E-state index in [4.69, 9.17) is 0 Å². The monoisotopic (exact) mass is 246 g/mol. The molecule has 1 aliphatic rings. The van der Waals surface area contributed by atoms with Crippen molar-refractivity contribution in [2.24, 2.45) is 5.92 Å². The van der Waals surface area contributed by atoms with Crippen molar-refractivity contribution in [3.8, 4) is 0 Å². The highest BCUT2D eigenvalue weighted by Gasteiger charge is 2.15. The Bertz CT molecular complexity index is 356. The van der Waals surface area contributed by atoms with Crippen LogP contribution >= 0.6 is 0 Å². The molecular weight excluding hydrogens is 220 g/mol. The van der Waals surface area contributed by atoms with Crippen molar-refractivity contribution >= 4 is 0 Å². The molecule has 1 saturated heterocycles. The molecule has 2 rings (SSSR count). The average Bonchev–Trinajstić information content (AvgIpc) is 2.40. The van der Waals surface area contributed by atoms with Crippen LogP contribution < -0.4 is 5.32 Å².